The molecule has 0 aliphatic rings. The molecule has 6 N–H and O–H groups in total. The van der Waals surface area contributed by atoms with Crippen LogP contribution in [0, 0.1) is 0 Å². The van der Waals surface area contributed by atoms with Gasteiger partial charge in [0.2, 0.25) is 0 Å². The van der Waals surface area contributed by atoms with E-state index < -0.39 is 37.3 Å². The van der Waals surface area contributed by atoms with Crippen molar-refractivity contribution >= 4 is 5.97 Å². The van der Waals surface area contributed by atoms with Crippen LogP contribution in [0.2, 0.25) is 0 Å². The summed E-state index contributed by atoms with van der Waals surface area (Å²) in [4.78, 5) is 9.93. The van der Waals surface area contributed by atoms with Gasteiger partial charge < -0.3 is 35.8 Å². The van der Waals surface area contributed by atoms with Crippen molar-refractivity contribution in [2.45, 2.75) is 24.7 Å². The zero-order valence-corrected chi connectivity index (χ0v) is 9.75. The summed E-state index contributed by atoms with van der Waals surface area (Å²) in [6.45, 7) is -0.694. The molecule has 8 heteroatoms. The number of hydrogen-bond acceptors (Lipinski definition) is 6. The van der Waals surface area contributed by atoms with E-state index in [9.17, 15) is 9.90 Å². The van der Waals surface area contributed by atoms with Crippen molar-refractivity contribution in [3.8, 4) is 0 Å². The predicted octanol–water partition coefficient (Wildman–Crippen LogP) is -7.62. The molecule has 0 aromatic carbocycles. The third-order valence-corrected chi connectivity index (χ3v) is 1.37. The molecule has 14 heavy (non-hydrogen) atoms. The number of hydrogen-bond donors (Lipinski definition) is 4. The second kappa shape index (κ2) is 9.81. The minimum Gasteiger partial charge on any atom is -0.547 e. The van der Waals surface area contributed by atoms with Crippen LogP contribution >= 0.6 is 0 Å². The van der Waals surface area contributed by atoms with Crippen LogP contribution in [0.5, 0.6) is 0 Å². The number of aliphatic hydroxyl groups is 4. The van der Waals surface area contributed by atoms with Gasteiger partial charge in [0.05, 0.1) is 24.8 Å². The number of carboxylic acid groups (broad SMARTS) is 1. The molecule has 80 valence electrons. The minimum atomic E-state index is -1.83. The predicted molar refractivity (Wildman–Crippen MR) is 38.3 cm³/mol. The van der Waals surface area contributed by atoms with Crippen LogP contribution in [-0.2, 0) is 4.79 Å². The van der Waals surface area contributed by atoms with Crippen molar-refractivity contribution in [3.63, 3.8) is 0 Å². The molecule has 0 aliphatic carbocycles. The summed E-state index contributed by atoms with van der Waals surface area (Å²) in [5.41, 5.74) is 0. The third kappa shape index (κ3) is 7.65. The average molecular weight is 220 g/mol. The molecule has 0 aromatic heterocycles. The normalized spacial score (nSPS) is 15.7. The van der Waals surface area contributed by atoms with E-state index in [1.165, 1.54) is 0 Å². The molecule has 0 bridgehead atoms. The standard InChI is InChI=1S/C6H12O6.Na.H2O/c7-2-5(10)3(8)1-4(9)6(11)12;;/h3-5,7-10H,1-2H2,(H,11,12);;1H2/q;+1;/p-1/t3-,4-,5+;;/m0../s1. The molecule has 0 fully saturated rings. The zero-order valence-electron chi connectivity index (χ0n) is 7.75. The Morgan fingerprint density at radius 2 is 1.64 bits per heavy atom. The summed E-state index contributed by atoms with van der Waals surface area (Å²) in [5, 5.41) is 44.5. The Bertz CT molecular complexity index is 153. The van der Waals surface area contributed by atoms with Crippen molar-refractivity contribution in [1.29, 1.82) is 0 Å². The number of aliphatic carboxylic acids is 1. The second-order valence-electron chi connectivity index (χ2n) is 2.39. The van der Waals surface area contributed by atoms with Gasteiger partial charge in [0.1, 0.15) is 6.10 Å². The fourth-order valence-corrected chi connectivity index (χ4v) is 0.604. The number of carbonyl (C=O) groups excluding carboxylic acids is 1. The minimum absolute atomic E-state index is 0. The molecule has 0 aromatic rings. The van der Waals surface area contributed by atoms with Crippen molar-refractivity contribution in [1.82, 2.24) is 0 Å². The Hall–Kier alpha value is 0.270. The second-order valence-corrected chi connectivity index (χ2v) is 2.39. The largest absolute Gasteiger partial charge is 1.00 e. The van der Waals surface area contributed by atoms with Crippen LogP contribution in [0.1, 0.15) is 6.42 Å². The van der Waals surface area contributed by atoms with Crippen LogP contribution in [0.4, 0.5) is 0 Å². The fourth-order valence-electron chi connectivity index (χ4n) is 0.604. The van der Waals surface area contributed by atoms with Crippen LogP contribution < -0.4 is 34.7 Å². The Morgan fingerprint density at radius 3 is 1.93 bits per heavy atom. The van der Waals surface area contributed by atoms with Gasteiger partial charge in [0, 0.05) is 6.42 Å². The van der Waals surface area contributed by atoms with Gasteiger partial charge in [-0.25, -0.2) is 0 Å². The molecule has 0 unspecified atom stereocenters. The maximum atomic E-state index is 9.93. The van der Waals surface area contributed by atoms with Crippen molar-refractivity contribution in [2.24, 2.45) is 0 Å². The quantitative estimate of drug-likeness (QED) is 0.337. The van der Waals surface area contributed by atoms with Gasteiger partial charge in [-0.2, -0.15) is 0 Å². The molecule has 7 nitrogen and oxygen atoms in total. The number of rotatable bonds is 5. The summed E-state index contributed by atoms with van der Waals surface area (Å²) in [6, 6.07) is 0. The van der Waals surface area contributed by atoms with Gasteiger partial charge in [-0.15, -0.1) is 0 Å². The summed E-state index contributed by atoms with van der Waals surface area (Å²) in [7, 11) is 0. The molecule has 0 rings (SSSR count). The van der Waals surface area contributed by atoms with E-state index >= 15 is 0 Å². The van der Waals surface area contributed by atoms with E-state index in [0.29, 0.717) is 0 Å². The average Bonchev–Trinajstić information content (AvgIpc) is 2.02. The topological polar surface area (TPSA) is 153 Å². The molecular formula is C6H13NaO7. The van der Waals surface area contributed by atoms with E-state index in [2.05, 4.69) is 0 Å². The fraction of sp³-hybridized carbons (Fsp3) is 0.833. The zero-order chi connectivity index (χ0) is 9.72. The number of carbonyl (C=O) groups is 1. The first-order valence-corrected chi connectivity index (χ1v) is 3.35. The van der Waals surface area contributed by atoms with Gasteiger partial charge >= 0.3 is 29.6 Å². The maximum absolute atomic E-state index is 9.93. The molecule has 0 radical (unpaired) electrons. The smallest absolute Gasteiger partial charge is 0.547 e. The molecule has 0 saturated carbocycles. The van der Waals surface area contributed by atoms with E-state index in [-0.39, 0.29) is 35.0 Å². The third-order valence-electron chi connectivity index (χ3n) is 1.37. The van der Waals surface area contributed by atoms with Gasteiger partial charge in [0.25, 0.3) is 0 Å². The molecule has 0 heterocycles. The maximum Gasteiger partial charge on any atom is 1.00 e. The first-order valence-electron chi connectivity index (χ1n) is 3.35. The van der Waals surface area contributed by atoms with Crippen molar-refractivity contribution in [2.75, 3.05) is 6.61 Å². The monoisotopic (exact) mass is 220 g/mol. The van der Waals surface area contributed by atoms with Gasteiger partial charge in [-0.1, -0.05) is 0 Å². The van der Waals surface area contributed by atoms with Crippen LogP contribution in [-0.4, -0.2) is 56.8 Å². The van der Waals surface area contributed by atoms with E-state index in [0.717, 1.165) is 0 Å². The van der Waals surface area contributed by atoms with Crippen LogP contribution in [0.15, 0.2) is 0 Å². The van der Waals surface area contributed by atoms with Crippen molar-refractivity contribution < 1.29 is 65.4 Å². The van der Waals surface area contributed by atoms with Crippen molar-refractivity contribution in [3.05, 3.63) is 0 Å². The molecule has 3 atom stereocenters. The molecule has 0 amide bonds. The van der Waals surface area contributed by atoms with E-state index in [4.69, 9.17) is 20.4 Å². The first-order chi connectivity index (χ1) is 5.49. The summed E-state index contributed by atoms with van der Waals surface area (Å²) < 4.78 is 0. The number of aliphatic hydroxyl groups excluding tert-OH is 4. The van der Waals surface area contributed by atoms with Gasteiger partial charge in [-0.3, -0.25) is 0 Å². The van der Waals surface area contributed by atoms with Crippen LogP contribution in [0.25, 0.3) is 0 Å². The first kappa shape index (κ1) is 19.8. The van der Waals surface area contributed by atoms with Gasteiger partial charge in [-0.05, 0) is 0 Å². The molecule has 0 saturated heterocycles. The number of carboxylic acids is 1. The molecular weight excluding hydrogens is 207 g/mol. The molecule has 0 aliphatic heterocycles. The molecule has 0 spiro atoms. The van der Waals surface area contributed by atoms with Crippen LogP contribution in [0.3, 0.4) is 0 Å². The summed E-state index contributed by atoms with van der Waals surface area (Å²) in [6.07, 6.45) is -5.31. The van der Waals surface area contributed by atoms with E-state index in [1.54, 1.807) is 0 Å². The Kier molecular flexibility index (Phi) is 13.9. The summed E-state index contributed by atoms with van der Waals surface area (Å²) in [5.74, 6) is -1.72. The van der Waals surface area contributed by atoms with E-state index in [1.807, 2.05) is 0 Å². The Morgan fingerprint density at radius 1 is 1.21 bits per heavy atom. The Balaban J connectivity index is -0.000000605. The Labute approximate surface area is 103 Å². The summed E-state index contributed by atoms with van der Waals surface area (Å²) >= 11 is 0. The SMILES string of the molecule is O.O=C([O-])[C@@H](O)C[C@H](O)[C@H](O)CO.[Na+]. The van der Waals surface area contributed by atoms with Gasteiger partial charge in [0.15, 0.2) is 0 Å².